The lowest BCUT2D eigenvalue weighted by molar-refractivity contribution is -0.0540. The van der Waals surface area contributed by atoms with E-state index in [4.69, 9.17) is 0 Å². The number of aliphatic hydroxyl groups is 1. The molecule has 0 aromatic carbocycles. The lowest BCUT2D eigenvalue weighted by Gasteiger charge is -2.58. The van der Waals surface area contributed by atoms with Gasteiger partial charge in [-0.25, -0.2) is 0 Å². The maximum atomic E-state index is 10.2. The Hall–Kier alpha value is -0.560. The van der Waals surface area contributed by atoms with Crippen molar-refractivity contribution in [3.05, 3.63) is 23.8 Å². The lowest BCUT2D eigenvalue weighted by atomic mass is 9.47. The third kappa shape index (κ3) is 3.24. The van der Waals surface area contributed by atoms with Gasteiger partial charge in [-0.3, -0.25) is 0 Å². The number of hydrogen-bond donors (Lipinski definition) is 1. The molecule has 158 valence electrons. The molecule has 9 atom stereocenters. The second-order valence-electron chi connectivity index (χ2n) is 11.5. The molecule has 0 heterocycles. The van der Waals surface area contributed by atoms with E-state index in [1.54, 1.807) is 5.57 Å². The molecule has 1 nitrogen and oxygen atoms in total. The first-order chi connectivity index (χ1) is 13.3. The summed E-state index contributed by atoms with van der Waals surface area (Å²) in [4.78, 5) is 0. The highest BCUT2D eigenvalue weighted by atomic mass is 16.3. The molecule has 0 bridgehead atoms. The van der Waals surface area contributed by atoms with Crippen molar-refractivity contribution in [2.45, 2.75) is 98.5 Å². The van der Waals surface area contributed by atoms with Crippen LogP contribution in [0.4, 0.5) is 0 Å². The van der Waals surface area contributed by atoms with Crippen LogP contribution in [0.25, 0.3) is 0 Å². The number of fused-ring (bicyclic) bond motifs is 5. The summed E-state index contributed by atoms with van der Waals surface area (Å²) >= 11 is 0. The Morgan fingerprint density at radius 2 is 1.86 bits per heavy atom. The van der Waals surface area contributed by atoms with E-state index in [1.807, 2.05) is 0 Å². The van der Waals surface area contributed by atoms with Crippen LogP contribution in [0.3, 0.4) is 0 Å². The summed E-state index contributed by atoms with van der Waals surface area (Å²) in [5.74, 6) is 4.96. The minimum Gasteiger partial charge on any atom is -0.393 e. The quantitative estimate of drug-likeness (QED) is 0.510. The zero-order chi connectivity index (χ0) is 20.1. The highest BCUT2D eigenvalue weighted by Gasteiger charge is 2.58. The molecule has 4 aliphatic rings. The first-order valence-corrected chi connectivity index (χ1v) is 12.4. The summed E-state index contributed by atoms with van der Waals surface area (Å²) in [6, 6.07) is 0. The number of rotatable bonds is 4. The fourth-order valence-electron chi connectivity index (χ4n) is 8.18. The van der Waals surface area contributed by atoms with Crippen molar-refractivity contribution >= 4 is 0 Å². The Bertz CT molecular complexity index is 632. The Morgan fingerprint density at radius 1 is 1.07 bits per heavy atom. The van der Waals surface area contributed by atoms with Gasteiger partial charge < -0.3 is 5.11 Å². The van der Waals surface area contributed by atoms with Crippen LogP contribution in [-0.4, -0.2) is 11.2 Å². The molecular formula is C27H44O. The minimum absolute atomic E-state index is 0.0845. The SMILES string of the molecule is CC[C@H](C)/C=C/[C@@H](C)[C@H]1CC[C@H]2[C@@H]3CC=C4C[C@@H](O)CC[C@]4(C)[C@H]3CC[C@]12C. The van der Waals surface area contributed by atoms with Crippen molar-refractivity contribution in [3.8, 4) is 0 Å². The second-order valence-corrected chi connectivity index (χ2v) is 11.5. The summed E-state index contributed by atoms with van der Waals surface area (Å²) < 4.78 is 0. The highest BCUT2D eigenvalue weighted by molar-refractivity contribution is 5.25. The van der Waals surface area contributed by atoms with Crippen LogP contribution in [0.15, 0.2) is 23.8 Å². The van der Waals surface area contributed by atoms with Crippen LogP contribution in [0.1, 0.15) is 92.4 Å². The third-order valence-corrected chi connectivity index (χ3v) is 10.2. The van der Waals surface area contributed by atoms with Crippen LogP contribution >= 0.6 is 0 Å². The summed E-state index contributed by atoms with van der Waals surface area (Å²) in [5, 5.41) is 10.2. The topological polar surface area (TPSA) is 20.2 Å². The van der Waals surface area contributed by atoms with Crippen molar-refractivity contribution in [3.63, 3.8) is 0 Å². The van der Waals surface area contributed by atoms with Gasteiger partial charge in [0.15, 0.2) is 0 Å². The van der Waals surface area contributed by atoms with Crippen molar-refractivity contribution in [2.24, 2.45) is 46.3 Å². The smallest absolute Gasteiger partial charge is 0.0577 e. The molecule has 28 heavy (non-hydrogen) atoms. The van der Waals surface area contributed by atoms with Crippen molar-refractivity contribution in [1.82, 2.24) is 0 Å². The molecule has 0 aromatic rings. The van der Waals surface area contributed by atoms with E-state index < -0.39 is 0 Å². The fraction of sp³-hybridized carbons (Fsp3) is 0.852. The van der Waals surface area contributed by atoms with Gasteiger partial charge in [-0.05, 0) is 97.7 Å². The van der Waals surface area contributed by atoms with Gasteiger partial charge in [-0.1, -0.05) is 64.8 Å². The standard InChI is InChI=1S/C27H44O/c1-6-18(2)7-8-19(3)23-11-12-24-22-10-9-20-17-21(28)13-15-26(20,4)25(22)14-16-27(23,24)5/h7-9,18-19,21-25,28H,6,10-17H2,1-5H3/b8-7+/t18-,19+,21-,22-,23+,24-,25-,26-,27+/m0/s1. The molecule has 0 spiro atoms. The van der Waals surface area contributed by atoms with Gasteiger partial charge in [0.25, 0.3) is 0 Å². The first kappa shape index (κ1) is 20.7. The lowest BCUT2D eigenvalue weighted by Crippen LogP contribution is -2.50. The molecule has 3 saturated carbocycles. The molecular weight excluding hydrogens is 340 g/mol. The number of aliphatic hydroxyl groups excluding tert-OH is 1. The molecule has 4 aliphatic carbocycles. The normalized spacial score (nSPS) is 47.8. The average molecular weight is 385 g/mol. The van der Waals surface area contributed by atoms with Gasteiger partial charge in [0.1, 0.15) is 0 Å². The van der Waals surface area contributed by atoms with Crippen molar-refractivity contribution in [1.29, 1.82) is 0 Å². The largest absolute Gasteiger partial charge is 0.393 e. The average Bonchev–Trinajstić information content (AvgIpc) is 3.03. The van der Waals surface area contributed by atoms with Gasteiger partial charge in [-0.2, -0.15) is 0 Å². The summed E-state index contributed by atoms with van der Waals surface area (Å²) in [7, 11) is 0. The van der Waals surface area contributed by atoms with E-state index in [0.29, 0.717) is 16.7 Å². The summed E-state index contributed by atoms with van der Waals surface area (Å²) in [6.07, 6.45) is 19.0. The van der Waals surface area contributed by atoms with E-state index in [-0.39, 0.29) is 6.10 Å². The zero-order valence-electron chi connectivity index (χ0n) is 19.1. The fourth-order valence-corrected chi connectivity index (χ4v) is 8.18. The van der Waals surface area contributed by atoms with Crippen LogP contribution in [-0.2, 0) is 0 Å². The molecule has 0 aromatic heterocycles. The van der Waals surface area contributed by atoms with E-state index >= 15 is 0 Å². The van der Waals surface area contributed by atoms with Crippen LogP contribution in [0, 0.1) is 46.3 Å². The second kappa shape index (κ2) is 7.60. The molecule has 3 fully saturated rings. The van der Waals surface area contributed by atoms with E-state index in [9.17, 15) is 5.11 Å². The maximum Gasteiger partial charge on any atom is 0.0577 e. The van der Waals surface area contributed by atoms with E-state index in [1.165, 1.54) is 44.9 Å². The van der Waals surface area contributed by atoms with Crippen LogP contribution in [0.2, 0.25) is 0 Å². The Balaban J connectivity index is 1.54. The molecule has 0 unspecified atom stereocenters. The van der Waals surface area contributed by atoms with E-state index in [0.717, 1.165) is 42.4 Å². The first-order valence-electron chi connectivity index (χ1n) is 12.4. The Morgan fingerprint density at radius 3 is 2.61 bits per heavy atom. The summed E-state index contributed by atoms with van der Waals surface area (Å²) in [6.45, 7) is 12.3. The maximum absolute atomic E-state index is 10.2. The van der Waals surface area contributed by atoms with Crippen LogP contribution < -0.4 is 0 Å². The molecule has 4 rings (SSSR count). The zero-order valence-corrected chi connectivity index (χ0v) is 19.1. The predicted molar refractivity (Wildman–Crippen MR) is 119 cm³/mol. The minimum atomic E-state index is -0.0845. The number of allylic oxidation sites excluding steroid dienone is 3. The van der Waals surface area contributed by atoms with Gasteiger partial charge in [0, 0.05) is 0 Å². The molecule has 0 aliphatic heterocycles. The molecule has 1 N–H and O–H groups in total. The van der Waals surface area contributed by atoms with Crippen molar-refractivity contribution < 1.29 is 5.11 Å². The van der Waals surface area contributed by atoms with E-state index in [2.05, 4.69) is 52.8 Å². The summed E-state index contributed by atoms with van der Waals surface area (Å²) in [5.41, 5.74) is 2.52. The van der Waals surface area contributed by atoms with Gasteiger partial charge in [-0.15, -0.1) is 0 Å². The molecule has 0 saturated heterocycles. The Labute approximate surface area is 174 Å². The van der Waals surface area contributed by atoms with Crippen LogP contribution in [0.5, 0.6) is 0 Å². The molecule has 1 heteroatoms. The molecule has 0 amide bonds. The highest BCUT2D eigenvalue weighted by Crippen LogP contribution is 2.67. The predicted octanol–water partition coefficient (Wildman–Crippen LogP) is 7.16. The molecule has 0 radical (unpaired) electrons. The third-order valence-electron chi connectivity index (χ3n) is 10.2. The Kier molecular flexibility index (Phi) is 5.62. The van der Waals surface area contributed by atoms with Gasteiger partial charge in [0.2, 0.25) is 0 Å². The van der Waals surface area contributed by atoms with Gasteiger partial charge >= 0.3 is 0 Å². The number of hydrogen-bond acceptors (Lipinski definition) is 1. The monoisotopic (exact) mass is 384 g/mol. The van der Waals surface area contributed by atoms with Crippen molar-refractivity contribution in [2.75, 3.05) is 0 Å². The van der Waals surface area contributed by atoms with Gasteiger partial charge in [0.05, 0.1) is 6.10 Å².